The first kappa shape index (κ1) is 25.4. The van der Waals surface area contributed by atoms with Crippen molar-refractivity contribution < 1.29 is 29.3 Å². The molecule has 3 aromatic rings. The van der Waals surface area contributed by atoms with Gasteiger partial charge in [0.1, 0.15) is 11.5 Å². The zero-order valence-electron chi connectivity index (χ0n) is 21.6. The Kier molecular flexibility index (Phi) is 7.09. The summed E-state index contributed by atoms with van der Waals surface area (Å²) in [7, 11) is 1.55. The number of amides is 1. The van der Waals surface area contributed by atoms with Crippen molar-refractivity contribution in [2.24, 2.45) is 0 Å². The number of ether oxygens (including phenoxy) is 2. The molecule has 1 amide bonds. The van der Waals surface area contributed by atoms with Gasteiger partial charge in [-0.3, -0.25) is 9.59 Å². The van der Waals surface area contributed by atoms with E-state index in [1.165, 1.54) is 16.5 Å². The molecule has 1 heterocycles. The summed E-state index contributed by atoms with van der Waals surface area (Å²) in [4.78, 5) is 28.4. The van der Waals surface area contributed by atoms with Gasteiger partial charge in [-0.25, -0.2) is 0 Å². The number of carbonyl (C=O) groups is 2. The molecule has 1 fully saturated rings. The van der Waals surface area contributed by atoms with Crippen molar-refractivity contribution in [1.82, 2.24) is 4.90 Å². The van der Waals surface area contributed by atoms with Crippen LogP contribution in [0.4, 0.5) is 0 Å². The molecule has 38 heavy (non-hydrogen) atoms. The molecule has 1 atom stereocenters. The maximum absolute atomic E-state index is 13.5. The van der Waals surface area contributed by atoms with Crippen LogP contribution in [-0.2, 0) is 29.0 Å². The Morgan fingerprint density at radius 3 is 2.50 bits per heavy atom. The third kappa shape index (κ3) is 4.60. The molecule has 1 unspecified atom stereocenters. The second kappa shape index (κ2) is 10.6. The molecule has 5 rings (SSSR count). The van der Waals surface area contributed by atoms with Gasteiger partial charge in [0.05, 0.1) is 31.9 Å². The van der Waals surface area contributed by atoms with Crippen LogP contribution < -0.4 is 9.47 Å². The summed E-state index contributed by atoms with van der Waals surface area (Å²) in [5.41, 5.74) is 4.19. The van der Waals surface area contributed by atoms with Gasteiger partial charge in [0.2, 0.25) is 0 Å². The van der Waals surface area contributed by atoms with Gasteiger partial charge in [-0.2, -0.15) is 0 Å². The lowest BCUT2D eigenvalue weighted by molar-refractivity contribution is -0.140. The Morgan fingerprint density at radius 1 is 0.974 bits per heavy atom. The molecule has 2 N–H and O–H groups in total. The van der Waals surface area contributed by atoms with E-state index in [0.29, 0.717) is 23.5 Å². The summed E-state index contributed by atoms with van der Waals surface area (Å²) >= 11 is 0. The minimum atomic E-state index is -0.893. The average molecular weight is 514 g/mol. The highest BCUT2D eigenvalue weighted by molar-refractivity contribution is 6.46. The van der Waals surface area contributed by atoms with Crippen molar-refractivity contribution in [3.63, 3.8) is 0 Å². The molecule has 0 radical (unpaired) electrons. The van der Waals surface area contributed by atoms with Crippen molar-refractivity contribution >= 4 is 17.4 Å². The number of aromatic hydroxyl groups is 1. The second-order valence-corrected chi connectivity index (χ2v) is 9.59. The number of phenols is 1. The van der Waals surface area contributed by atoms with E-state index < -0.39 is 17.7 Å². The van der Waals surface area contributed by atoms with Crippen LogP contribution >= 0.6 is 0 Å². The number of Topliss-reactive ketones (excluding diaryl/α,β-unsaturated/α-hetero) is 1. The minimum absolute atomic E-state index is 0.00814. The van der Waals surface area contributed by atoms with Crippen LogP contribution in [0.1, 0.15) is 53.6 Å². The largest absolute Gasteiger partial charge is 0.507 e. The molecule has 7 nitrogen and oxygen atoms in total. The number of carbonyl (C=O) groups excluding carboxylic acids is 2. The number of aryl methyl sites for hydroxylation is 2. The van der Waals surface area contributed by atoms with Crippen LogP contribution in [0.3, 0.4) is 0 Å². The molecule has 0 saturated carbocycles. The average Bonchev–Trinajstić information content (AvgIpc) is 3.19. The number of hydrogen-bond acceptors (Lipinski definition) is 6. The number of aliphatic hydroxyl groups is 1. The first-order valence-corrected chi connectivity index (χ1v) is 12.9. The summed E-state index contributed by atoms with van der Waals surface area (Å²) in [6, 6.07) is 16.9. The molecular weight excluding hydrogens is 482 g/mol. The lowest BCUT2D eigenvalue weighted by Crippen LogP contribution is -2.29. The van der Waals surface area contributed by atoms with Gasteiger partial charge in [-0.1, -0.05) is 36.4 Å². The number of rotatable bonds is 7. The first-order valence-electron chi connectivity index (χ1n) is 12.9. The molecule has 0 bridgehead atoms. The van der Waals surface area contributed by atoms with Crippen molar-refractivity contribution in [3.05, 3.63) is 94.1 Å². The Morgan fingerprint density at radius 2 is 1.74 bits per heavy atom. The number of ketones is 1. The normalized spacial score (nSPS) is 18.4. The molecule has 0 spiro atoms. The fourth-order valence-electron chi connectivity index (χ4n) is 5.41. The van der Waals surface area contributed by atoms with Gasteiger partial charge in [-0.05, 0) is 73.6 Å². The fourth-order valence-corrected chi connectivity index (χ4v) is 5.41. The zero-order valence-corrected chi connectivity index (χ0v) is 21.6. The number of aliphatic hydroxyl groups excluding tert-OH is 1. The third-order valence-corrected chi connectivity index (χ3v) is 7.29. The Balaban J connectivity index is 1.66. The molecule has 3 aromatic carbocycles. The lowest BCUT2D eigenvalue weighted by atomic mass is 9.88. The number of benzene rings is 3. The summed E-state index contributed by atoms with van der Waals surface area (Å²) in [6.07, 6.45) is 4.12. The smallest absolute Gasteiger partial charge is 0.295 e. The van der Waals surface area contributed by atoms with Gasteiger partial charge in [0, 0.05) is 11.1 Å². The van der Waals surface area contributed by atoms with E-state index in [4.69, 9.17) is 9.47 Å². The van der Waals surface area contributed by atoms with Crippen molar-refractivity contribution in [2.45, 2.75) is 45.2 Å². The third-order valence-electron chi connectivity index (χ3n) is 7.29. The van der Waals surface area contributed by atoms with E-state index in [2.05, 4.69) is 0 Å². The molecule has 196 valence electrons. The standard InChI is InChI=1S/C31H31NO6/c1-3-38-26-17-21(14-15-24(26)33)28-27(29(34)22-13-12-19-8-4-5-9-20(19)16-22)30(35)31(36)32(28)18-23-10-6-7-11-25(23)37-2/h6-7,10-17,28,33-34H,3-5,8-9,18H2,1-2H3/b29-27+. The van der Waals surface area contributed by atoms with Gasteiger partial charge < -0.3 is 24.6 Å². The number of hydrogen-bond donors (Lipinski definition) is 2. The van der Waals surface area contributed by atoms with E-state index in [1.54, 1.807) is 32.2 Å². The topological polar surface area (TPSA) is 96.3 Å². The van der Waals surface area contributed by atoms with E-state index in [0.717, 1.165) is 36.8 Å². The van der Waals surface area contributed by atoms with Crippen molar-refractivity contribution in [2.75, 3.05) is 13.7 Å². The van der Waals surface area contributed by atoms with E-state index in [-0.39, 0.29) is 29.4 Å². The summed E-state index contributed by atoms with van der Waals surface area (Å²) in [6.45, 7) is 2.22. The van der Waals surface area contributed by atoms with Crippen molar-refractivity contribution in [3.8, 4) is 17.2 Å². The Bertz CT molecular complexity index is 1430. The fraction of sp³-hybridized carbons (Fsp3) is 0.290. The SMILES string of the molecule is CCOc1cc(C2/C(=C(\O)c3ccc4c(c3)CCCC4)C(=O)C(=O)N2Cc2ccccc2OC)ccc1O. The van der Waals surface area contributed by atoms with Gasteiger partial charge in [0.15, 0.2) is 11.5 Å². The predicted octanol–water partition coefficient (Wildman–Crippen LogP) is 5.30. The van der Waals surface area contributed by atoms with Gasteiger partial charge >= 0.3 is 0 Å². The summed E-state index contributed by atoms with van der Waals surface area (Å²) in [5, 5.41) is 21.8. The van der Waals surface area contributed by atoms with Crippen LogP contribution in [0.2, 0.25) is 0 Å². The molecule has 2 aliphatic rings. The molecule has 7 heteroatoms. The summed E-state index contributed by atoms with van der Waals surface area (Å²) < 4.78 is 11.1. The molecule has 1 aliphatic heterocycles. The van der Waals surface area contributed by atoms with E-state index in [1.807, 2.05) is 36.4 Å². The minimum Gasteiger partial charge on any atom is -0.507 e. The van der Waals surface area contributed by atoms with Crippen LogP contribution in [0.15, 0.2) is 66.2 Å². The first-order chi connectivity index (χ1) is 18.4. The molecule has 0 aromatic heterocycles. The molecule has 1 aliphatic carbocycles. The van der Waals surface area contributed by atoms with E-state index in [9.17, 15) is 19.8 Å². The number of likely N-dealkylation sites (tertiary alicyclic amines) is 1. The molecule has 1 saturated heterocycles. The Labute approximate surface area is 221 Å². The maximum Gasteiger partial charge on any atom is 0.295 e. The highest BCUT2D eigenvalue weighted by atomic mass is 16.5. The number of nitrogens with zero attached hydrogens (tertiary/aromatic N) is 1. The Hall–Kier alpha value is -4.26. The van der Waals surface area contributed by atoms with Crippen LogP contribution in [0.5, 0.6) is 17.2 Å². The highest BCUT2D eigenvalue weighted by Gasteiger charge is 2.46. The highest BCUT2D eigenvalue weighted by Crippen LogP contribution is 2.43. The summed E-state index contributed by atoms with van der Waals surface area (Å²) in [5.74, 6) is -0.912. The van der Waals surface area contributed by atoms with Crippen LogP contribution in [0.25, 0.3) is 5.76 Å². The van der Waals surface area contributed by atoms with Crippen LogP contribution in [-0.4, -0.2) is 40.5 Å². The van der Waals surface area contributed by atoms with Crippen molar-refractivity contribution in [1.29, 1.82) is 0 Å². The monoisotopic (exact) mass is 513 g/mol. The number of methoxy groups -OCH3 is 1. The number of para-hydroxylation sites is 1. The van der Waals surface area contributed by atoms with Gasteiger partial charge in [0.25, 0.3) is 11.7 Å². The molecular formula is C31H31NO6. The lowest BCUT2D eigenvalue weighted by Gasteiger charge is -2.26. The quantitative estimate of drug-likeness (QED) is 0.253. The van der Waals surface area contributed by atoms with E-state index >= 15 is 0 Å². The number of phenolic OH excluding ortho intramolecular Hbond substituents is 1. The number of fused-ring (bicyclic) bond motifs is 1. The predicted molar refractivity (Wildman–Crippen MR) is 143 cm³/mol. The zero-order chi connectivity index (χ0) is 26.8. The van der Waals surface area contributed by atoms with Crippen LogP contribution in [0, 0.1) is 0 Å². The van der Waals surface area contributed by atoms with Gasteiger partial charge in [-0.15, -0.1) is 0 Å². The maximum atomic E-state index is 13.5. The second-order valence-electron chi connectivity index (χ2n) is 9.59.